The van der Waals surface area contributed by atoms with E-state index in [1.165, 1.54) is 7.11 Å². The number of hydrogen-bond donors (Lipinski definition) is 2. The molecular weight excluding hydrogens is 687 g/mol. The third kappa shape index (κ3) is 8.78. The molecule has 2 N–H and O–H groups in total. The summed E-state index contributed by atoms with van der Waals surface area (Å²) in [5.74, 6) is 1.55. The number of nitrogens with zero attached hydrogens (tertiary/aromatic N) is 2. The Kier molecular flexibility index (Phi) is 12.0. The summed E-state index contributed by atoms with van der Waals surface area (Å²) < 4.78 is 11.2. The zero-order valence-corrected chi connectivity index (χ0v) is 30.4. The number of carbonyl (C=O) groups is 3. The molecule has 1 amide bonds. The fourth-order valence-corrected chi connectivity index (χ4v) is 7.58. The second-order valence-corrected chi connectivity index (χ2v) is 14.0. The average Bonchev–Trinajstić information content (AvgIpc) is 3.76. The first-order valence-corrected chi connectivity index (χ1v) is 18.2. The lowest BCUT2D eigenvalue weighted by molar-refractivity contribution is -0.119. The van der Waals surface area contributed by atoms with E-state index in [2.05, 4.69) is 15.6 Å². The van der Waals surface area contributed by atoms with Gasteiger partial charge in [0, 0.05) is 66.1 Å². The summed E-state index contributed by atoms with van der Waals surface area (Å²) in [6.07, 6.45) is 6.34. The molecule has 2 atom stereocenters. The van der Waals surface area contributed by atoms with Crippen LogP contribution >= 0.6 is 23.2 Å². The van der Waals surface area contributed by atoms with Crippen molar-refractivity contribution in [3.05, 3.63) is 93.1 Å². The van der Waals surface area contributed by atoms with Crippen molar-refractivity contribution in [1.82, 2.24) is 20.6 Å². The van der Waals surface area contributed by atoms with Crippen LogP contribution in [0.15, 0.2) is 60.7 Å². The maximum Gasteiger partial charge on any atom is 0.220 e. The normalized spacial score (nSPS) is 17.1. The van der Waals surface area contributed by atoms with Gasteiger partial charge in [0.15, 0.2) is 5.78 Å². The Hall–Kier alpha value is -4.31. The van der Waals surface area contributed by atoms with Crippen LogP contribution in [0.25, 0.3) is 22.4 Å². The number of amides is 1. The first-order chi connectivity index (χ1) is 24.7. The molecular formula is C40H42Cl2N4O5. The van der Waals surface area contributed by atoms with Crippen LogP contribution < -0.4 is 20.1 Å². The van der Waals surface area contributed by atoms with Crippen LogP contribution in [0, 0.1) is 5.92 Å². The van der Waals surface area contributed by atoms with E-state index in [-0.39, 0.29) is 29.8 Å². The first kappa shape index (κ1) is 36.5. The number of halogens is 2. The fraction of sp³-hybridized carbons (Fsp3) is 0.375. The van der Waals surface area contributed by atoms with Crippen molar-refractivity contribution >= 4 is 40.7 Å². The lowest BCUT2D eigenvalue weighted by Gasteiger charge is -2.15. The first-order valence-electron chi connectivity index (χ1n) is 17.4. The molecule has 0 unspecified atom stereocenters. The maximum absolute atomic E-state index is 13.5. The third-order valence-corrected chi connectivity index (χ3v) is 10.6. The van der Waals surface area contributed by atoms with Gasteiger partial charge in [-0.05, 0) is 62.3 Å². The van der Waals surface area contributed by atoms with Gasteiger partial charge in [-0.3, -0.25) is 14.4 Å². The number of aromatic nitrogens is 2. The van der Waals surface area contributed by atoms with Crippen molar-refractivity contribution in [2.75, 3.05) is 20.8 Å². The minimum absolute atomic E-state index is 0.0424. The molecule has 0 radical (unpaired) electrons. The number of ketones is 2. The van der Waals surface area contributed by atoms with Crippen molar-refractivity contribution in [2.24, 2.45) is 5.92 Å². The molecule has 0 spiro atoms. The molecule has 2 aromatic carbocycles. The topological polar surface area (TPSA) is 120 Å². The molecule has 11 heteroatoms. The minimum Gasteiger partial charge on any atom is -0.481 e. The number of carbonyl (C=O) groups excluding carboxylic acids is 3. The summed E-state index contributed by atoms with van der Waals surface area (Å²) in [6.45, 7) is 1.27. The quantitative estimate of drug-likeness (QED) is 0.120. The van der Waals surface area contributed by atoms with Gasteiger partial charge >= 0.3 is 0 Å². The van der Waals surface area contributed by atoms with Crippen LogP contribution in [0.3, 0.4) is 0 Å². The maximum atomic E-state index is 13.5. The van der Waals surface area contributed by atoms with E-state index in [1.54, 1.807) is 13.2 Å². The fourth-order valence-electron chi connectivity index (χ4n) is 6.96. The molecule has 266 valence electrons. The number of aryl methyl sites for hydroxylation is 1. The molecule has 2 fully saturated rings. The highest BCUT2D eigenvalue weighted by molar-refractivity contribution is 6.38. The highest BCUT2D eigenvalue weighted by atomic mass is 35.5. The Morgan fingerprint density at radius 3 is 2.29 bits per heavy atom. The Balaban J connectivity index is 1.15. The molecule has 0 bridgehead atoms. The van der Waals surface area contributed by atoms with Crippen LogP contribution in [0.1, 0.15) is 72.1 Å². The van der Waals surface area contributed by atoms with Crippen LogP contribution in [-0.4, -0.2) is 54.2 Å². The zero-order valence-electron chi connectivity index (χ0n) is 28.9. The number of Topliss-reactive ketones (excluding diaryl/α,β-unsaturated/α-hetero) is 2. The van der Waals surface area contributed by atoms with Crippen LogP contribution in [0.2, 0.25) is 10.0 Å². The van der Waals surface area contributed by atoms with E-state index in [9.17, 15) is 14.4 Å². The van der Waals surface area contributed by atoms with Crippen molar-refractivity contribution in [2.45, 2.75) is 70.4 Å². The smallest absolute Gasteiger partial charge is 0.220 e. The van der Waals surface area contributed by atoms with Gasteiger partial charge in [-0.15, -0.1) is 0 Å². The number of nitrogens with one attached hydrogen (secondary N) is 2. The summed E-state index contributed by atoms with van der Waals surface area (Å²) >= 11 is 14.0. The van der Waals surface area contributed by atoms with Gasteiger partial charge < -0.3 is 20.1 Å². The lowest BCUT2D eigenvalue weighted by atomic mass is 9.97. The molecule has 6 rings (SSSR count). The van der Waals surface area contributed by atoms with E-state index in [0.29, 0.717) is 76.1 Å². The SMILES string of the molecule is COc1nc(C(=O)Cc2cccc(-c3cccc(-c4ccc(CCC[C@@H]5CCC(=O)N5)c(OC)n4)c3Cl)c2Cl)ccc1CNC[C@@H]1CCC(=O)C1. The largest absolute Gasteiger partial charge is 0.481 e. The van der Waals surface area contributed by atoms with Crippen molar-refractivity contribution in [1.29, 1.82) is 0 Å². The molecule has 1 aliphatic carbocycles. The molecule has 3 heterocycles. The highest BCUT2D eigenvalue weighted by Gasteiger charge is 2.23. The van der Waals surface area contributed by atoms with Crippen molar-refractivity contribution in [3.63, 3.8) is 0 Å². The molecule has 51 heavy (non-hydrogen) atoms. The molecule has 1 aliphatic heterocycles. The van der Waals surface area contributed by atoms with Crippen LogP contribution in [-0.2, 0) is 29.0 Å². The molecule has 9 nitrogen and oxygen atoms in total. The van der Waals surface area contributed by atoms with Gasteiger partial charge in [0.2, 0.25) is 17.7 Å². The molecule has 2 aliphatic rings. The van der Waals surface area contributed by atoms with E-state index >= 15 is 0 Å². The lowest BCUT2D eigenvalue weighted by Crippen LogP contribution is -2.25. The number of pyridine rings is 2. The predicted molar refractivity (Wildman–Crippen MR) is 199 cm³/mol. The second-order valence-electron chi connectivity index (χ2n) is 13.2. The van der Waals surface area contributed by atoms with Gasteiger partial charge in [0.05, 0.1) is 30.0 Å². The van der Waals surface area contributed by atoms with Gasteiger partial charge in [-0.25, -0.2) is 9.97 Å². The number of methoxy groups -OCH3 is 2. The minimum atomic E-state index is -0.194. The number of ether oxygens (including phenoxy) is 2. The van der Waals surface area contributed by atoms with Crippen LogP contribution in [0.4, 0.5) is 0 Å². The third-order valence-electron chi connectivity index (χ3n) is 9.73. The van der Waals surface area contributed by atoms with Crippen molar-refractivity contribution in [3.8, 4) is 34.1 Å². The summed E-state index contributed by atoms with van der Waals surface area (Å²) in [4.78, 5) is 45.9. The van der Waals surface area contributed by atoms with E-state index in [1.807, 2.05) is 54.6 Å². The molecule has 2 aromatic heterocycles. The van der Waals surface area contributed by atoms with Gasteiger partial charge in [-0.1, -0.05) is 71.7 Å². The van der Waals surface area contributed by atoms with E-state index < -0.39 is 0 Å². The van der Waals surface area contributed by atoms with Gasteiger partial charge in [0.25, 0.3) is 0 Å². The average molecular weight is 730 g/mol. The summed E-state index contributed by atoms with van der Waals surface area (Å²) in [6, 6.07) is 19.0. The zero-order chi connectivity index (χ0) is 35.9. The van der Waals surface area contributed by atoms with Crippen LogP contribution in [0.5, 0.6) is 11.8 Å². The highest BCUT2D eigenvalue weighted by Crippen LogP contribution is 2.40. The molecule has 4 aromatic rings. The van der Waals surface area contributed by atoms with Gasteiger partial charge in [-0.2, -0.15) is 0 Å². The summed E-state index contributed by atoms with van der Waals surface area (Å²) in [7, 11) is 3.15. The Labute approximate surface area is 308 Å². The number of rotatable bonds is 15. The Bertz CT molecular complexity index is 1930. The monoisotopic (exact) mass is 728 g/mol. The van der Waals surface area contributed by atoms with Gasteiger partial charge in [0.1, 0.15) is 11.5 Å². The summed E-state index contributed by atoms with van der Waals surface area (Å²) in [5.41, 5.74) is 5.59. The second kappa shape index (κ2) is 16.8. The van der Waals surface area contributed by atoms with Crippen molar-refractivity contribution < 1.29 is 23.9 Å². The molecule has 1 saturated carbocycles. The number of hydrogen-bond acceptors (Lipinski definition) is 8. The number of benzene rings is 2. The Morgan fingerprint density at radius 2 is 1.57 bits per heavy atom. The van der Waals surface area contributed by atoms with E-state index in [4.69, 9.17) is 37.7 Å². The predicted octanol–water partition coefficient (Wildman–Crippen LogP) is 7.62. The Morgan fingerprint density at radius 1 is 0.843 bits per heavy atom. The standard InChI is InChI=1S/C40H42Cl2N4O5/c1-50-39-25(6-3-8-28-15-19-36(49)44-28)13-17-33(45-39)32-11-5-10-31(38(32)42)30-9-4-7-26(37(30)41)21-35(48)34-18-14-27(40(46-34)51-2)23-43-22-24-12-16-29(47)20-24/h4-5,7,9-11,13-14,17-18,24,28,43H,3,6,8,12,15-16,19-23H2,1-2H3,(H,44,49)/t24-,28-/m1/s1. The molecule has 1 saturated heterocycles. The summed E-state index contributed by atoms with van der Waals surface area (Å²) in [5, 5.41) is 7.34. The van der Waals surface area contributed by atoms with E-state index in [0.717, 1.165) is 60.9 Å².